The van der Waals surface area contributed by atoms with Crippen LogP contribution >= 0.6 is 11.3 Å². The van der Waals surface area contributed by atoms with Gasteiger partial charge in [-0.3, -0.25) is 0 Å². The minimum Gasteiger partial charge on any atom is -0.475 e. The molecule has 0 radical (unpaired) electrons. The van der Waals surface area contributed by atoms with Crippen molar-refractivity contribution < 1.29 is 14.4 Å². The van der Waals surface area contributed by atoms with E-state index in [-0.39, 0.29) is 5.76 Å². The molecule has 0 bridgehead atoms. The number of hydrogen-bond donors (Lipinski definition) is 1. The third-order valence-corrected chi connectivity index (χ3v) is 3.98. The Kier molecular flexibility index (Phi) is 2.07. The lowest BCUT2D eigenvalue weighted by molar-refractivity contribution is 0.0652. The van der Waals surface area contributed by atoms with Crippen molar-refractivity contribution in [2.24, 2.45) is 0 Å². The summed E-state index contributed by atoms with van der Waals surface area (Å²) in [7, 11) is 0. The van der Waals surface area contributed by atoms with Gasteiger partial charge >= 0.3 is 5.97 Å². The van der Waals surface area contributed by atoms with Crippen LogP contribution in [-0.2, 0) is 12.8 Å². The fourth-order valence-corrected chi connectivity index (χ4v) is 3.15. The molecule has 0 aliphatic heterocycles. The topological polar surface area (TPSA) is 63.3 Å². The van der Waals surface area contributed by atoms with E-state index in [1.807, 2.05) is 0 Å². The number of carbonyl (C=O) groups is 1. The predicted octanol–water partition coefficient (Wildman–Crippen LogP) is 2.59. The number of aromatic carboxylic acids is 1. The maximum atomic E-state index is 10.7. The van der Waals surface area contributed by atoms with Gasteiger partial charge in [0.2, 0.25) is 5.76 Å². The molecule has 0 atom stereocenters. The number of aryl methyl sites for hydroxylation is 2. The zero-order valence-corrected chi connectivity index (χ0v) is 9.21. The van der Waals surface area contributed by atoms with Gasteiger partial charge in [-0.1, -0.05) is 5.16 Å². The van der Waals surface area contributed by atoms with Crippen LogP contribution in [0.3, 0.4) is 0 Å². The molecule has 0 aromatic carbocycles. The summed E-state index contributed by atoms with van der Waals surface area (Å²) in [6.07, 6.45) is 3.47. The zero-order valence-electron chi connectivity index (χ0n) is 8.40. The number of aromatic nitrogens is 1. The monoisotopic (exact) mass is 235 g/mol. The van der Waals surface area contributed by atoms with Crippen LogP contribution in [0.25, 0.3) is 10.6 Å². The van der Waals surface area contributed by atoms with Crippen LogP contribution in [0.2, 0.25) is 0 Å². The first kappa shape index (κ1) is 9.59. The lowest BCUT2D eigenvalue weighted by Crippen LogP contribution is -1.91. The molecule has 0 unspecified atom stereocenters. The van der Waals surface area contributed by atoms with E-state index in [0.717, 1.165) is 17.7 Å². The van der Waals surface area contributed by atoms with Gasteiger partial charge in [-0.2, -0.15) is 0 Å². The highest BCUT2D eigenvalue weighted by Gasteiger charge is 2.18. The van der Waals surface area contributed by atoms with Gasteiger partial charge in [0.15, 0.2) is 0 Å². The Bertz CT molecular complexity index is 534. The zero-order chi connectivity index (χ0) is 11.1. The second-order valence-corrected chi connectivity index (χ2v) is 4.93. The lowest BCUT2D eigenvalue weighted by Gasteiger charge is -1.87. The van der Waals surface area contributed by atoms with Gasteiger partial charge < -0.3 is 9.63 Å². The smallest absolute Gasteiger partial charge is 0.374 e. The molecular weight excluding hydrogens is 226 g/mol. The van der Waals surface area contributed by atoms with E-state index in [1.165, 1.54) is 22.9 Å². The Hall–Kier alpha value is -1.62. The highest BCUT2D eigenvalue weighted by atomic mass is 32.1. The van der Waals surface area contributed by atoms with Crippen LogP contribution < -0.4 is 0 Å². The molecule has 3 rings (SSSR count). The Balaban J connectivity index is 1.98. The number of hydrogen-bond acceptors (Lipinski definition) is 4. The standard InChI is InChI=1S/C11H9NO3S/c13-11(14)8-5-7(12-15-8)10-4-6-2-1-3-9(6)16-10/h4-5H,1-3H2,(H,13,14). The summed E-state index contributed by atoms with van der Waals surface area (Å²) in [5.74, 6) is -1.19. The Morgan fingerprint density at radius 3 is 3.00 bits per heavy atom. The van der Waals surface area contributed by atoms with Gasteiger partial charge in [0.25, 0.3) is 0 Å². The number of rotatable bonds is 2. The summed E-state index contributed by atoms with van der Waals surface area (Å²) >= 11 is 1.68. The molecule has 0 spiro atoms. The van der Waals surface area contributed by atoms with E-state index < -0.39 is 5.97 Å². The molecule has 0 saturated heterocycles. The summed E-state index contributed by atoms with van der Waals surface area (Å²) in [5, 5.41) is 12.5. The molecule has 0 amide bonds. The van der Waals surface area contributed by atoms with Gasteiger partial charge in [0.05, 0.1) is 4.88 Å². The number of carboxylic acids is 1. The van der Waals surface area contributed by atoms with Crippen molar-refractivity contribution in [1.29, 1.82) is 0 Å². The largest absolute Gasteiger partial charge is 0.475 e. The average molecular weight is 235 g/mol. The minimum atomic E-state index is -1.08. The van der Waals surface area contributed by atoms with Crippen LogP contribution in [-0.4, -0.2) is 16.2 Å². The molecule has 0 fully saturated rings. The summed E-state index contributed by atoms with van der Waals surface area (Å²) in [4.78, 5) is 13.1. The molecule has 16 heavy (non-hydrogen) atoms. The second-order valence-electron chi connectivity index (χ2n) is 3.79. The SMILES string of the molecule is O=C(O)c1cc(-c2cc3c(s2)CCC3)no1. The number of thiophene rings is 1. The van der Waals surface area contributed by atoms with E-state index in [2.05, 4.69) is 11.2 Å². The fraction of sp³-hybridized carbons (Fsp3) is 0.273. The number of nitrogens with zero attached hydrogens (tertiary/aromatic N) is 1. The Morgan fingerprint density at radius 1 is 1.44 bits per heavy atom. The van der Waals surface area contributed by atoms with E-state index in [0.29, 0.717) is 5.69 Å². The third-order valence-electron chi connectivity index (χ3n) is 2.72. The van der Waals surface area contributed by atoms with E-state index >= 15 is 0 Å². The van der Waals surface area contributed by atoms with Gasteiger partial charge in [-0.15, -0.1) is 11.3 Å². The van der Waals surface area contributed by atoms with Crippen molar-refractivity contribution in [1.82, 2.24) is 5.16 Å². The highest BCUT2D eigenvalue weighted by Crippen LogP contribution is 2.36. The molecule has 1 aliphatic carbocycles. The normalized spacial score (nSPS) is 14.0. The van der Waals surface area contributed by atoms with Crippen LogP contribution in [0.4, 0.5) is 0 Å². The minimum absolute atomic E-state index is 0.108. The van der Waals surface area contributed by atoms with E-state index in [1.54, 1.807) is 11.3 Å². The van der Waals surface area contributed by atoms with Gasteiger partial charge in [-0.25, -0.2) is 4.79 Å². The summed E-state index contributed by atoms with van der Waals surface area (Å²) in [5.41, 5.74) is 2.00. The molecular formula is C11H9NO3S. The fourth-order valence-electron chi connectivity index (χ4n) is 1.95. The van der Waals surface area contributed by atoms with Crippen molar-refractivity contribution in [3.8, 4) is 10.6 Å². The molecule has 2 heterocycles. The maximum Gasteiger partial charge on any atom is 0.374 e. The molecule has 1 N–H and O–H groups in total. The quantitative estimate of drug-likeness (QED) is 0.869. The van der Waals surface area contributed by atoms with Crippen LogP contribution in [0, 0.1) is 0 Å². The Labute approximate surface area is 95.5 Å². The first-order valence-electron chi connectivity index (χ1n) is 5.06. The second kappa shape index (κ2) is 3.45. The molecule has 4 nitrogen and oxygen atoms in total. The van der Waals surface area contributed by atoms with Gasteiger partial charge in [-0.05, 0) is 30.9 Å². The van der Waals surface area contributed by atoms with Crippen molar-refractivity contribution in [3.63, 3.8) is 0 Å². The maximum absolute atomic E-state index is 10.7. The van der Waals surface area contributed by atoms with Gasteiger partial charge in [0.1, 0.15) is 5.69 Å². The molecule has 82 valence electrons. The van der Waals surface area contributed by atoms with Crippen molar-refractivity contribution >= 4 is 17.3 Å². The van der Waals surface area contributed by atoms with Crippen molar-refractivity contribution in [2.75, 3.05) is 0 Å². The summed E-state index contributed by atoms with van der Waals surface area (Å²) in [6, 6.07) is 3.57. The molecule has 2 aromatic heterocycles. The summed E-state index contributed by atoms with van der Waals surface area (Å²) < 4.78 is 4.74. The number of carboxylic acid groups (broad SMARTS) is 1. The van der Waals surface area contributed by atoms with E-state index in [4.69, 9.17) is 9.63 Å². The van der Waals surface area contributed by atoms with Crippen LogP contribution in [0.1, 0.15) is 27.4 Å². The van der Waals surface area contributed by atoms with Crippen molar-refractivity contribution in [3.05, 3.63) is 28.3 Å². The molecule has 5 heteroatoms. The molecule has 2 aromatic rings. The van der Waals surface area contributed by atoms with Crippen LogP contribution in [0.15, 0.2) is 16.7 Å². The number of fused-ring (bicyclic) bond motifs is 1. The average Bonchev–Trinajstić information content (AvgIpc) is 2.91. The molecule has 0 saturated carbocycles. The Morgan fingerprint density at radius 2 is 2.31 bits per heavy atom. The molecule has 1 aliphatic rings. The first-order valence-corrected chi connectivity index (χ1v) is 5.87. The predicted molar refractivity (Wildman–Crippen MR) is 58.8 cm³/mol. The van der Waals surface area contributed by atoms with E-state index in [9.17, 15) is 4.79 Å². The van der Waals surface area contributed by atoms with Crippen LogP contribution in [0.5, 0.6) is 0 Å². The van der Waals surface area contributed by atoms with Gasteiger partial charge in [0, 0.05) is 10.9 Å². The third kappa shape index (κ3) is 1.44. The summed E-state index contributed by atoms with van der Waals surface area (Å²) in [6.45, 7) is 0. The van der Waals surface area contributed by atoms with Crippen molar-refractivity contribution in [2.45, 2.75) is 19.3 Å². The lowest BCUT2D eigenvalue weighted by atomic mass is 10.2. The highest BCUT2D eigenvalue weighted by molar-refractivity contribution is 7.15. The first-order chi connectivity index (χ1) is 7.74.